The molecule has 0 aromatic heterocycles. The van der Waals surface area contributed by atoms with E-state index in [0.717, 1.165) is 17.7 Å². The second kappa shape index (κ2) is 6.82. The average molecular weight is 296 g/mol. The molecule has 1 nitrogen and oxygen atoms in total. The van der Waals surface area contributed by atoms with Crippen LogP contribution in [0.25, 0.3) is 0 Å². The van der Waals surface area contributed by atoms with Gasteiger partial charge in [-0.3, -0.25) is 0 Å². The monoisotopic (exact) mass is 295 g/mol. The predicted molar refractivity (Wildman–Crippen MR) is 77.9 cm³/mol. The van der Waals surface area contributed by atoms with Crippen LogP contribution in [0, 0.1) is 11.6 Å². The Kier molecular flexibility index (Phi) is 5.10. The molecule has 1 N–H and O–H groups in total. The van der Waals surface area contributed by atoms with Crippen LogP contribution in [-0.4, -0.2) is 6.54 Å². The summed E-state index contributed by atoms with van der Waals surface area (Å²) in [4.78, 5) is 0. The van der Waals surface area contributed by atoms with E-state index in [1.54, 1.807) is 18.2 Å². The fraction of sp³-hybridized carbons (Fsp3) is 0.250. The molecule has 1 unspecified atom stereocenters. The number of hydrogen-bond acceptors (Lipinski definition) is 1. The van der Waals surface area contributed by atoms with E-state index in [2.05, 4.69) is 5.32 Å². The van der Waals surface area contributed by atoms with Gasteiger partial charge in [-0.05, 0) is 54.4 Å². The van der Waals surface area contributed by atoms with Crippen LogP contribution in [-0.2, 0) is 6.42 Å². The molecule has 0 saturated carbocycles. The van der Waals surface area contributed by atoms with Gasteiger partial charge in [0.25, 0.3) is 0 Å². The molecule has 0 aliphatic heterocycles. The summed E-state index contributed by atoms with van der Waals surface area (Å²) in [5.74, 6) is -0.577. The van der Waals surface area contributed by atoms with Crippen molar-refractivity contribution in [3.05, 3.63) is 70.2 Å². The summed E-state index contributed by atoms with van der Waals surface area (Å²) in [6, 6.07) is 10.6. The second-order valence-corrected chi connectivity index (χ2v) is 5.01. The van der Waals surface area contributed by atoms with E-state index in [9.17, 15) is 8.78 Å². The molecule has 4 heteroatoms. The molecule has 0 amide bonds. The largest absolute Gasteiger partial charge is 0.310 e. The van der Waals surface area contributed by atoms with E-state index < -0.39 is 0 Å². The van der Waals surface area contributed by atoms with Crippen LogP contribution in [0.3, 0.4) is 0 Å². The van der Waals surface area contributed by atoms with Crippen molar-refractivity contribution in [2.24, 2.45) is 0 Å². The minimum atomic E-state index is -0.307. The number of nitrogens with one attached hydrogen (secondary N) is 1. The average Bonchev–Trinajstić information content (AvgIpc) is 2.43. The zero-order valence-electron chi connectivity index (χ0n) is 11.2. The Hall–Kier alpha value is -1.45. The molecule has 0 radical (unpaired) electrons. The van der Waals surface area contributed by atoms with Crippen molar-refractivity contribution in [2.75, 3.05) is 6.54 Å². The van der Waals surface area contributed by atoms with Crippen LogP contribution in [0.2, 0.25) is 5.02 Å². The van der Waals surface area contributed by atoms with Gasteiger partial charge in [0.1, 0.15) is 11.6 Å². The maximum absolute atomic E-state index is 13.3. The molecule has 2 aromatic carbocycles. The number of rotatable bonds is 5. The maximum atomic E-state index is 13.3. The molecule has 0 saturated heterocycles. The molecule has 0 spiro atoms. The molecule has 20 heavy (non-hydrogen) atoms. The molecular formula is C16H16ClF2N. The highest BCUT2D eigenvalue weighted by Crippen LogP contribution is 2.24. The molecule has 2 rings (SSSR count). The van der Waals surface area contributed by atoms with Gasteiger partial charge >= 0.3 is 0 Å². The van der Waals surface area contributed by atoms with Gasteiger partial charge < -0.3 is 5.32 Å². The Bertz CT molecular complexity index is 569. The first-order valence-electron chi connectivity index (χ1n) is 6.53. The highest BCUT2D eigenvalue weighted by molar-refractivity contribution is 6.31. The lowest BCUT2D eigenvalue weighted by Crippen LogP contribution is -2.23. The minimum Gasteiger partial charge on any atom is -0.310 e. The van der Waals surface area contributed by atoms with Crippen LogP contribution < -0.4 is 5.32 Å². The van der Waals surface area contributed by atoms with Crippen molar-refractivity contribution in [2.45, 2.75) is 19.4 Å². The van der Waals surface area contributed by atoms with Crippen molar-refractivity contribution < 1.29 is 8.78 Å². The van der Waals surface area contributed by atoms with E-state index in [0.29, 0.717) is 11.4 Å². The van der Waals surface area contributed by atoms with Crippen molar-refractivity contribution >= 4 is 11.6 Å². The fourth-order valence-corrected chi connectivity index (χ4v) is 2.36. The smallest absolute Gasteiger partial charge is 0.123 e. The summed E-state index contributed by atoms with van der Waals surface area (Å²) in [5, 5.41) is 3.85. The van der Waals surface area contributed by atoms with Crippen LogP contribution in [0.4, 0.5) is 8.78 Å². The highest BCUT2D eigenvalue weighted by atomic mass is 35.5. The van der Waals surface area contributed by atoms with Crippen molar-refractivity contribution in [1.29, 1.82) is 0 Å². The van der Waals surface area contributed by atoms with Crippen molar-refractivity contribution in [3.63, 3.8) is 0 Å². The van der Waals surface area contributed by atoms with Gasteiger partial charge in [-0.25, -0.2) is 8.78 Å². The zero-order valence-corrected chi connectivity index (χ0v) is 11.9. The molecule has 106 valence electrons. The summed E-state index contributed by atoms with van der Waals surface area (Å²) < 4.78 is 26.3. The van der Waals surface area contributed by atoms with Gasteiger partial charge in [-0.1, -0.05) is 30.7 Å². The standard InChI is InChI=1S/C16H16ClF2N/c1-2-20-16(11-3-5-13(18)6-4-11)10-12-9-14(19)7-8-15(12)17/h3-9,16,20H,2,10H2,1H3. The Morgan fingerprint density at radius 1 is 1.05 bits per heavy atom. The summed E-state index contributed by atoms with van der Waals surface area (Å²) in [6.07, 6.45) is 0.552. The van der Waals surface area contributed by atoms with E-state index in [4.69, 9.17) is 11.6 Å². The van der Waals surface area contributed by atoms with Gasteiger partial charge in [-0.15, -0.1) is 0 Å². The quantitative estimate of drug-likeness (QED) is 0.855. The number of halogens is 3. The lowest BCUT2D eigenvalue weighted by atomic mass is 9.98. The molecule has 0 heterocycles. The van der Waals surface area contributed by atoms with Gasteiger partial charge in [0.05, 0.1) is 0 Å². The Labute approximate surface area is 122 Å². The van der Waals surface area contributed by atoms with Gasteiger partial charge in [-0.2, -0.15) is 0 Å². The third kappa shape index (κ3) is 3.78. The number of likely N-dealkylation sites (N-methyl/N-ethyl adjacent to an activating group) is 1. The molecule has 0 aliphatic rings. The molecular weight excluding hydrogens is 280 g/mol. The topological polar surface area (TPSA) is 12.0 Å². The predicted octanol–water partition coefficient (Wildman–Crippen LogP) is 4.51. The van der Waals surface area contributed by atoms with Gasteiger partial charge in [0.15, 0.2) is 0 Å². The fourth-order valence-electron chi connectivity index (χ4n) is 2.17. The summed E-state index contributed by atoms with van der Waals surface area (Å²) in [5.41, 5.74) is 1.69. The first-order valence-corrected chi connectivity index (χ1v) is 6.90. The maximum Gasteiger partial charge on any atom is 0.123 e. The summed E-state index contributed by atoms with van der Waals surface area (Å²) >= 11 is 6.10. The SMILES string of the molecule is CCNC(Cc1cc(F)ccc1Cl)c1ccc(F)cc1. The minimum absolute atomic E-state index is 0.0279. The summed E-state index contributed by atoms with van der Waals surface area (Å²) in [7, 11) is 0. The first-order chi connectivity index (χ1) is 9.60. The zero-order chi connectivity index (χ0) is 14.5. The normalized spacial score (nSPS) is 12.4. The third-order valence-corrected chi connectivity index (χ3v) is 3.52. The first kappa shape index (κ1) is 14.9. The van der Waals surface area contributed by atoms with Crippen LogP contribution in [0.5, 0.6) is 0 Å². The van der Waals surface area contributed by atoms with E-state index in [1.165, 1.54) is 24.3 Å². The van der Waals surface area contributed by atoms with Crippen molar-refractivity contribution in [1.82, 2.24) is 5.32 Å². The van der Waals surface area contributed by atoms with Gasteiger partial charge in [0.2, 0.25) is 0 Å². The number of hydrogen-bond donors (Lipinski definition) is 1. The lowest BCUT2D eigenvalue weighted by molar-refractivity contribution is 0.544. The number of benzene rings is 2. The lowest BCUT2D eigenvalue weighted by Gasteiger charge is -2.19. The Morgan fingerprint density at radius 2 is 1.70 bits per heavy atom. The Morgan fingerprint density at radius 3 is 2.35 bits per heavy atom. The molecule has 0 bridgehead atoms. The molecule has 0 aliphatic carbocycles. The second-order valence-electron chi connectivity index (χ2n) is 4.60. The van der Waals surface area contributed by atoms with Gasteiger partial charge in [0, 0.05) is 11.1 Å². The van der Waals surface area contributed by atoms with Crippen molar-refractivity contribution in [3.8, 4) is 0 Å². The highest BCUT2D eigenvalue weighted by Gasteiger charge is 2.13. The molecule has 1 atom stereocenters. The van der Waals surface area contributed by atoms with E-state index in [-0.39, 0.29) is 17.7 Å². The van der Waals surface area contributed by atoms with E-state index in [1.807, 2.05) is 6.92 Å². The van der Waals surface area contributed by atoms with Crippen LogP contribution in [0.15, 0.2) is 42.5 Å². The van der Waals surface area contributed by atoms with E-state index >= 15 is 0 Å². The van der Waals surface area contributed by atoms with Crippen LogP contribution in [0.1, 0.15) is 24.1 Å². The third-order valence-electron chi connectivity index (χ3n) is 3.15. The molecule has 0 fully saturated rings. The molecule has 2 aromatic rings. The van der Waals surface area contributed by atoms with Crippen LogP contribution >= 0.6 is 11.6 Å². The summed E-state index contributed by atoms with van der Waals surface area (Å²) in [6.45, 7) is 2.75. The Balaban J connectivity index is 2.25.